The molecule has 0 fully saturated rings. The predicted molar refractivity (Wildman–Crippen MR) is 87.4 cm³/mol. The summed E-state index contributed by atoms with van der Waals surface area (Å²) in [6.07, 6.45) is -0.348. The SMILES string of the molecule is CCOC(=O)CC(=O)N(CCC(=O)c1ccc(F)cc1)P=NP. The minimum Gasteiger partial charge on any atom is -0.466 e. The van der Waals surface area contributed by atoms with E-state index in [1.54, 1.807) is 6.92 Å². The molecule has 9 heteroatoms. The minimum absolute atomic E-state index is 0.0490. The van der Waals surface area contributed by atoms with E-state index in [9.17, 15) is 18.8 Å². The van der Waals surface area contributed by atoms with Gasteiger partial charge >= 0.3 is 5.97 Å². The van der Waals surface area contributed by atoms with Crippen LogP contribution < -0.4 is 0 Å². The van der Waals surface area contributed by atoms with Crippen LogP contribution in [0.25, 0.3) is 0 Å². The number of carbonyl (C=O) groups excluding carboxylic acids is 3. The van der Waals surface area contributed by atoms with Crippen LogP contribution in [0.2, 0.25) is 0 Å². The van der Waals surface area contributed by atoms with E-state index in [0.29, 0.717) is 14.1 Å². The summed E-state index contributed by atoms with van der Waals surface area (Å²) in [4.78, 5) is 35.4. The summed E-state index contributed by atoms with van der Waals surface area (Å²) in [5.74, 6) is -1.74. The van der Waals surface area contributed by atoms with Gasteiger partial charge in [-0.25, -0.2) is 8.91 Å². The lowest BCUT2D eigenvalue weighted by Crippen LogP contribution is -2.27. The van der Waals surface area contributed by atoms with E-state index in [-0.39, 0.29) is 25.4 Å². The molecule has 1 atom stereocenters. The summed E-state index contributed by atoms with van der Waals surface area (Å²) in [7, 11) is 2.43. The minimum atomic E-state index is -0.619. The number of hydrogen-bond acceptors (Lipinski definition) is 5. The maximum absolute atomic E-state index is 12.8. The Balaban J connectivity index is 2.62. The highest BCUT2D eigenvalue weighted by atomic mass is 31.1. The van der Waals surface area contributed by atoms with Crippen molar-refractivity contribution in [1.82, 2.24) is 4.67 Å². The number of amides is 1. The van der Waals surface area contributed by atoms with Gasteiger partial charge in [-0.05, 0) is 40.6 Å². The molecule has 1 aromatic rings. The molecule has 6 nitrogen and oxygen atoms in total. The summed E-state index contributed by atoms with van der Waals surface area (Å²) in [5, 5.41) is 0. The molecule has 0 spiro atoms. The van der Waals surface area contributed by atoms with Gasteiger partial charge in [-0.3, -0.25) is 19.1 Å². The van der Waals surface area contributed by atoms with Crippen molar-refractivity contribution in [2.24, 2.45) is 4.52 Å². The topological polar surface area (TPSA) is 76.0 Å². The Labute approximate surface area is 137 Å². The molecule has 1 aromatic carbocycles. The monoisotopic (exact) mass is 358 g/mol. The average molecular weight is 358 g/mol. The largest absolute Gasteiger partial charge is 0.466 e. The molecular formula is C14H17FN2O4P2. The number of esters is 1. The van der Waals surface area contributed by atoms with Gasteiger partial charge in [-0.15, -0.1) is 0 Å². The van der Waals surface area contributed by atoms with Crippen LogP contribution in [-0.2, 0) is 14.3 Å². The molecule has 1 amide bonds. The van der Waals surface area contributed by atoms with Gasteiger partial charge in [0.1, 0.15) is 20.8 Å². The van der Waals surface area contributed by atoms with Gasteiger partial charge < -0.3 is 4.74 Å². The van der Waals surface area contributed by atoms with E-state index in [1.807, 2.05) is 0 Å². The Morgan fingerprint density at radius 3 is 2.52 bits per heavy atom. The van der Waals surface area contributed by atoms with E-state index >= 15 is 0 Å². The highest BCUT2D eigenvalue weighted by molar-refractivity contribution is 7.33. The molecule has 0 N–H and O–H groups in total. The second-order valence-corrected chi connectivity index (χ2v) is 5.97. The number of halogens is 1. The van der Waals surface area contributed by atoms with E-state index < -0.39 is 24.1 Å². The number of carbonyl (C=O) groups is 3. The first-order valence-corrected chi connectivity index (χ1v) is 8.15. The second-order valence-electron chi connectivity index (χ2n) is 4.38. The van der Waals surface area contributed by atoms with Gasteiger partial charge in [0.25, 0.3) is 0 Å². The molecule has 0 aliphatic rings. The van der Waals surface area contributed by atoms with Gasteiger partial charge in [-0.2, -0.15) is 0 Å². The highest BCUT2D eigenvalue weighted by Gasteiger charge is 2.18. The maximum Gasteiger partial charge on any atom is 0.315 e. The van der Waals surface area contributed by atoms with Crippen LogP contribution in [0, 0.1) is 5.82 Å². The zero-order chi connectivity index (χ0) is 17.2. The predicted octanol–water partition coefficient (Wildman–Crippen LogP) is 3.02. The van der Waals surface area contributed by atoms with Crippen molar-refractivity contribution < 1.29 is 23.5 Å². The van der Waals surface area contributed by atoms with Crippen LogP contribution in [0.5, 0.6) is 0 Å². The summed E-state index contributed by atoms with van der Waals surface area (Å²) >= 11 is 0. The molecule has 0 saturated heterocycles. The van der Waals surface area contributed by atoms with Crippen molar-refractivity contribution in [2.75, 3.05) is 13.2 Å². The standard InChI is InChI=1S/C14H17FN2O4P2/c1-2-21-14(20)9-13(19)17(23-16-22)8-7-12(18)10-3-5-11(15)6-4-10/h3-6H,2,7-9,22H2,1H3. The lowest BCUT2D eigenvalue weighted by molar-refractivity contribution is -0.147. The number of hydrogen-bond donors (Lipinski definition) is 0. The summed E-state index contributed by atoms with van der Waals surface area (Å²) in [5.41, 5.74) is 0.365. The molecule has 0 aliphatic heterocycles. The Morgan fingerprint density at radius 1 is 1.30 bits per heavy atom. The molecule has 0 aromatic heterocycles. The Kier molecular flexibility index (Phi) is 8.52. The molecule has 0 radical (unpaired) electrons. The Bertz CT molecular complexity index is 593. The van der Waals surface area contributed by atoms with Crippen LogP contribution in [0.3, 0.4) is 0 Å². The normalized spacial score (nSPS) is 10.6. The van der Waals surface area contributed by atoms with Gasteiger partial charge in [0.05, 0.1) is 6.61 Å². The number of rotatable bonds is 8. The van der Waals surface area contributed by atoms with Crippen molar-refractivity contribution in [3.05, 3.63) is 35.6 Å². The van der Waals surface area contributed by atoms with Crippen molar-refractivity contribution in [3.8, 4) is 0 Å². The zero-order valence-corrected chi connectivity index (χ0v) is 14.6. The van der Waals surface area contributed by atoms with Crippen LogP contribution >= 0.6 is 17.9 Å². The molecule has 1 rings (SSSR count). The van der Waals surface area contributed by atoms with E-state index in [2.05, 4.69) is 13.9 Å². The first-order valence-electron chi connectivity index (χ1n) is 6.83. The number of nitrogens with zero attached hydrogens (tertiary/aromatic N) is 2. The molecule has 0 saturated carbocycles. The maximum atomic E-state index is 12.8. The van der Waals surface area contributed by atoms with Crippen molar-refractivity contribution >= 4 is 35.6 Å². The average Bonchev–Trinajstić information content (AvgIpc) is 2.51. The number of ether oxygens (including phenoxy) is 1. The van der Waals surface area contributed by atoms with Crippen LogP contribution in [-0.4, -0.2) is 35.5 Å². The van der Waals surface area contributed by atoms with Crippen molar-refractivity contribution in [3.63, 3.8) is 0 Å². The van der Waals surface area contributed by atoms with Crippen LogP contribution in [0.15, 0.2) is 28.8 Å². The smallest absolute Gasteiger partial charge is 0.315 e. The third kappa shape index (κ3) is 6.93. The molecular weight excluding hydrogens is 341 g/mol. The molecule has 0 bridgehead atoms. The number of benzene rings is 1. The summed E-state index contributed by atoms with van der Waals surface area (Å²) in [6.45, 7) is 1.95. The zero-order valence-electron chi connectivity index (χ0n) is 12.6. The molecule has 0 heterocycles. The van der Waals surface area contributed by atoms with Gasteiger partial charge in [0.2, 0.25) is 5.91 Å². The van der Waals surface area contributed by atoms with Gasteiger partial charge in [-0.1, -0.05) is 0 Å². The molecule has 0 aliphatic carbocycles. The summed E-state index contributed by atoms with van der Waals surface area (Å²) in [6, 6.07) is 5.18. The Hall–Kier alpha value is -1.71. The second kappa shape index (κ2) is 10.1. The number of Topliss-reactive ketones (excluding diaryl/α,β-unsaturated/α-hetero) is 1. The first-order chi connectivity index (χ1) is 11.0. The van der Waals surface area contributed by atoms with E-state index in [1.165, 1.54) is 28.9 Å². The lowest BCUT2D eigenvalue weighted by Gasteiger charge is -2.15. The van der Waals surface area contributed by atoms with Crippen molar-refractivity contribution in [2.45, 2.75) is 19.8 Å². The van der Waals surface area contributed by atoms with Gasteiger partial charge in [0, 0.05) is 18.5 Å². The third-order valence-electron chi connectivity index (χ3n) is 2.77. The molecule has 124 valence electrons. The fourth-order valence-electron chi connectivity index (χ4n) is 1.70. The third-order valence-corrected chi connectivity index (χ3v) is 3.82. The highest BCUT2D eigenvalue weighted by Crippen LogP contribution is 2.16. The first kappa shape index (κ1) is 19.3. The number of ketones is 1. The van der Waals surface area contributed by atoms with E-state index in [0.717, 1.165) is 0 Å². The van der Waals surface area contributed by atoms with Crippen molar-refractivity contribution in [1.29, 1.82) is 0 Å². The lowest BCUT2D eigenvalue weighted by atomic mass is 10.1. The molecule has 1 unspecified atom stereocenters. The fraction of sp³-hybridized carbons (Fsp3) is 0.357. The fourth-order valence-corrected chi connectivity index (χ4v) is 2.55. The van der Waals surface area contributed by atoms with Gasteiger partial charge in [0.15, 0.2) is 5.78 Å². The van der Waals surface area contributed by atoms with Crippen LogP contribution in [0.1, 0.15) is 30.1 Å². The summed E-state index contributed by atoms with van der Waals surface area (Å²) < 4.78 is 22.6. The van der Waals surface area contributed by atoms with E-state index in [4.69, 9.17) is 4.74 Å². The Morgan fingerprint density at radius 2 is 1.96 bits per heavy atom. The quantitative estimate of drug-likeness (QED) is 0.310. The molecule has 23 heavy (non-hydrogen) atoms. The van der Waals surface area contributed by atoms with Crippen LogP contribution in [0.4, 0.5) is 4.39 Å².